The highest BCUT2D eigenvalue weighted by molar-refractivity contribution is 6.07. The van der Waals surface area contributed by atoms with Gasteiger partial charge in [-0.3, -0.25) is 9.59 Å². The Morgan fingerprint density at radius 2 is 1.88 bits per heavy atom. The first kappa shape index (κ1) is 18.0. The molecule has 1 unspecified atom stereocenters. The fourth-order valence-electron chi connectivity index (χ4n) is 2.95. The van der Waals surface area contributed by atoms with Crippen LogP contribution in [0.4, 0.5) is 0 Å². The molecule has 136 valence electrons. The van der Waals surface area contributed by atoms with Crippen LogP contribution >= 0.6 is 0 Å². The normalized spacial score (nSPS) is 15.9. The van der Waals surface area contributed by atoms with Crippen molar-refractivity contribution >= 4 is 11.8 Å². The Kier molecular flexibility index (Phi) is 4.72. The number of carboxylic acid groups (broad SMARTS) is 1. The number of benzene rings is 2. The molecule has 1 aliphatic rings. The van der Waals surface area contributed by atoms with Crippen LogP contribution < -0.4 is 9.47 Å². The summed E-state index contributed by atoms with van der Waals surface area (Å²) in [5, 5.41) is 8.98. The van der Waals surface area contributed by atoms with Gasteiger partial charge in [-0.25, -0.2) is 0 Å². The smallest absolute Gasteiger partial charge is 0.306 e. The molecule has 1 heterocycles. The van der Waals surface area contributed by atoms with Crippen molar-refractivity contribution in [2.24, 2.45) is 5.92 Å². The molecule has 0 saturated carbocycles. The Hall–Kier alpha value is -2.82. The van der Waals surface area contributed by atoms with Gasteiger partial charge in [0, 0.05) is 5.56 Å². The first-order valence-corrected chi connectivity index (χ1v) is 8.58. The molecule has 0 radical (unpaired) electrons. The predicted octanol–water partition coefficient (Wildman–Crippen LogP) is 3.88. The van der Waals surface area contributed by atoms with Crippen molar-refractivity contribution in [3.8, 4) is 11.5 Å². The van der Waals surface area contributed by atoms with Crippen molar-refractivity contribution < 1.29 is 24.2 Å². The van der Waals surface area contributed by atoms with Crippen LogP contribution in [0.3, 0.4) is 0 Å². The van der Waals surface area contributed by atoms with Gasteiger partial charge in [-0.15, -0.1) is 0 Å². The van der Waals surface area contributed by atoms with Gasteiger partial charge < -0.3 is 14.6 Å². The SMILES string of the molecule is CC(Cc1ccc(OCc2cccc3c2OC(C)(C)C3=O)cc1)C(=O)O. The molecule has 1 N–H and O–H groups in total. The summed E-state index contributed by atoms with van der Waals surface area (Å²) in [6.45, 7) is 5.50. The van der Waals surface area contributed by atoms with Crippen LogP contribution in [0.15, 0.2) is 42.5 Å². The van der Waals surface area contributed by atoms with E-state index >= 15 is 0 Å². The Morgan fingerprint density at radius 3 is 2.54 bits per heavy atom. The second-order valence-corrected chi connectivity index (χ2v) is 7.11. The van der Waals surface area contributed by atoms with Crippen LogP contribution in [0.2, 0.25) is 0 Å². The number of carbonyl (C=O) groups is 2. The Balaban J connectivity index is 1.68. The number of hydrogen-bond donors (Lipinski definition) is 1. The van der Waals surface area contributed by atoms with E-state index in [1.54, 1.807) is 26.8 Å². The lowest BCUT2D eigenvalue weighted by molar-refractivity contribution is -0.141. The van der Waals surface area contributed by atoms with Crippen molar-refractivity contribution in [2.45, 2.75) is 39.4 Å². The highest BCUT2D eigenvalue weighted by atomic mass is 16.5. The van der Waals surface area contributed by atoms with E-state index in [4.69, 9.17) is 14.6 Å². The lowest BCUT2D eigenvalue weighted by Crippen LogP contribution is -2.32. The monoisotopic (exact) mass is 354 g/mol. The van der Waals surface area contributed by atoms with Gasteiger partial charge in [-0.1, -0.05) is 31.2 Å². The van der Waals surface area contributed by atoms with Crippen molar-refractivity contribution in [3.63, 3.8) is 0 Å². The number of Topliss-reactive ketones (excluding diaryl/α,β-unsaturated/α-hetero) is 1. The van der Waals surface area contributed by atoms with Crippen LogP contribution in [0.1, 0.15) is 42.3 Å². The van der Waals surface area contributed by atoms with Gasteiger partial charge in [-0.05, 0) is 44.0 Å². The van der Waals surface area contributed by atoms with Gasteiger partial charge in [0.05, 0.1) is 11.5 Å². The molecule has 0 amide bonds. The molecule has 1 aliphatic heterocycles. The number of aliphatic carboxylic acids is 1. The topological polar surface area (TPSA) is 72.8 Å². The second-order valence-electron chi connectivity index (χ2n) is 7.11. The first-order chi connectivity index (χ1) is 12.3. The van der Waals surface area contributed by atoms with Crippen molar-refractivity contribution in [3.05, 3.63) is 59.2 Å². The second kappa shape index (κ2) is 6.83. The molecular weight excluding hydrogens is 332 g/mol. The first-order valence-electron chi connectivity index (χ1n) is 8.58. The lowest BCUT2D eigenvalue weighted by atomic mass is 9.99. The maximum atomic E-state index is 12.3. The van der Waals surface area contributed by atoms with E-state index in [1.165, 1.54) is 0 Å². The zero-order chi connectivity index (χ0) is 18.9. The average molecular weight is 354 g/mol. The summed E-state index contributed by atoms with van der Waals surface area (Å²) in [7, 11) is 0. The molecule has 5 heteroatoms. The third-order valence-electron chi connectivity index (χ3n) is 4.53. The van der Waals surface area contributed by atoms with E-state index in [0.29, 0.717) is 23.5 Å². The minimum Gasteiger partial charge on any atom is -0.489 e. The molecule has 0 spiro atoms. The number of rotatable bonds is 6. The summed E-state index contributed by atoms with van der Waals surface area (Å²) >= 11 is 0. The van der Waals surface area contributed by atoms with Crippen molar-refractivity contribution in [1.82, 2.24) is 0 Å². The molecule has 0 saturated heterocycles. The summed E-state index contributed by atoms with van der Waals surface area (Å²) in [6, 6.07) is 12.9. The molecule has 2 aromatic carbocycles. The predicted molar refractivity (Wildman–Crippen MR) is 96.8 cm³/mol. The number of fused-ring (bicyclic) bond motifs is 1. The van der Waals surface area contributed by atoms with Gasteiger partial charge in [0.25, 0.3) is 0 Å². The van der Waals surface area contributed by atoms with E-state index in [0.717, 1.165) is 11.1 Å². The van der Waals surface area contributed by atoms with Crippen molar-refractivity contribution in [1.29, 1.82) is 0 Å². The standard InChI is InChI=1S/C21H22O5/c1-13(20(23)24)11-14-7-9-16(10-8-14)25-12-15-5-4-6-17-18(15)26-21(2,3)19(17)22/h4-10,13H,11-12H2,1-3H3,(H,23,24). The average Bonchev–Trinajstić information content (AvgIpc) is 2.84. The van der Waals surface area contributed by atoms with Gasteiger partial charge in [0.1, 0.15) is 18.1 Å². The number of carboxylic acids is 1. The zero-order valence-electron chi connectivity index (χ0n) is 15.1. The van der Waals surface area contributed by atoms with E-state index < -0.39 is 17.5 Å². The summed E-state index contributed by atoms with van der Waals surface area (Å²) in [5.41, 5.74) is 1.52. The lowest BCUT2D eigenvalue weighted by Gasteiger charge is -2.16. The number of hydrogen-bond acceptors (Lipinski definition) is 4. The third kappa shape index (κ3) is 3.57. The third-order valence-corrected chi connectivity index (χ3v) is 4.53. The minimum absolute atomic E-state index is 0.0220. The molecule has 0 fully saturated rings. The van der Waals surface area contributed by atoms with Crippen molar-refractivity contribution in [2.75, 3.05) is 0 Å². The van der Waals surface area contributed by atoms with E-state index in [1.807, 2.05) is 36.4 Å². The van der Waals surface area contributed by atoms with Gasteiger partial charge in [-0.2, -0.15) is 0 Å². The molecular formula is C21H22O5. The highest BCUT2D eigenvalue weighted by Crippen LogP contribution is 2.37. The molecule has 1 atom stereocenters. The molecule has 0 aliphatic carbocycles. The maximum absolute atomic E-state index is 12.3. The van der Waals surface area contributed by atoms with Gasteiger partial charge in [0.15, 0.2) is 5.60 Å². The van der Waals surface area contributed by atoms with Crippen LogP contribution in [0.5, 0.6) is 11.5 Å². The van der Waals surface area contributed by atoms with Crippen LogP contribution in [-0.4, -0.2) is 22.5 Å². The quantitative estimate of drug-likeness (QED) is 0.852. The van der Waals surface area contributed by atoms with Crippen LogP contribution in [0.25, 0.3) is 0 Å². The molecule has 26 heavy (non-hydrogen) atoms. The summed E-state index contributed by atoms with van der Waals surface area (Å²) in [4.78, 5) is 23.2. The Labute approximate surface area is 152 Å². The summed E-state index contributed by atoms with van der Waals surface area (Å²) < 4.78 is 11.6. The molecule has 2 aromatic rings. The Bertz CT molecular complexity index is 836. The highest BCUT2D eigenvalue weighted by Gasteiger charge is 2.40. The number of carbonyl (C=O) groups excluding carboxylic acids is 1. The van der Waals surface area contributed by atoms with Gasteiger partial charge in [0.2, 0.25) is 5.78 Å². The summed E-state index contributed by atoms with van der Waals surface area (Å²) in [6.07, 6.45) is 0.479. The van der Waals surface area contributed by atoms with Crippen LogP contribution in [0, 0.1) is 5.92 Å². The fourth-order valence-corrected chi connectivity index (χ4v) is 2.95. The Morgan fingerprint density at radius 1 is 1.19 bits per heavy atom. The molecule has 0 bridgehead atoms. The molecule has 5 nitrogen and oxygen atoms in total. The van der Waals surface area contributed by atoms with E-state index in [2.05, 4.69) is 0 Å². The summed E-state index contributed by atoms with van der Waals surface area (Å²) in [5.74, 6) is 0.0195. The molecule has 3 rings (SSSR count). The largest absolute Gasteiger partial charge is 0.489 e. The van der Waals surface area contributed by atoms with Gasteiger partial charge >= 0.3 is 5.97 Å². The zero-order valence-corrected chi connectivity index (χ0v) is 15.1. The van der Waals surface area contributed by atoms with Crippen LogP contribution in [-0.2, 0) is 17.8 Å². The minimum atomic E-state index is -0.846. The maximum Gasteiger partial charge on any atom is 0.306 e. The number of ether oxygens (including phenoxy) is 2. The van der Waals surface area contributed by atoms with E-state index in [-0.39, 0.29) is 12.4 Å². The molecule has 0 aromatic heterocycles. The number of ketones is 1. The fraction of sp³-hybridized carbons (Fsp3) is 0.333. The van der Waals surface area contributed by atoms with E-state index in [9.17, 15) is 9.59 Å². The number of para-hydroxylation sites is 1.